The van der Waals surface area contributed by atoms with Crippen LogP contribution in [0.15, 0.2) is 18.2 Å². The van der Waals surface area contributed by atoms with Crippen LogP contribution in [0.2, 0.25) is 5.02 Å². The molecule has 20 heavy (non-hydrogen) atoms. The second-order valence-corrected chi connectivity index (χ2v) is 6.27. The van der Waals surface area contributed by atoms with Crippen LogP contribution in [0.4, 0.5) is 5.69 Å². The van der Waals surface area contributed by atoms with Crippen LogP contribution < -0.4 is 10.6 Å². The third-order valence-corrected chi connectivity index (χ3v) is 4.01. The third kappa shape index (κ3) is 4.65. The molecule has 2 rings (SSSR count). The Labute approximate surface area is 127 Å². The molecule has 2 N–H and O–H groups in total. The van der Waals surface area contributed by atoms with E-state index in [1.807, 2.05) is 19.1 Å². The summed E-state index contributed by atoms with van der Waals surface area (Å²) < 4.78 is 5.70. The van der Waals surface area contributed by atoms with Crippen molar-refractivity contribution in [2.45, 2.75) is 32.2 Å². The summed E-state index contributed by atoms with van der Waals surface area (Å²) in [4.78, 5) is 2.20. The van der Waals surface area contributed by atoms with Crippen molar-refractivity contribution in [1.82, 2.24) is 0 Å². The summed E-state index contributed by atoms with van der Waals surface area (Å²) >= 11 is 6.32. The van der Waals surface area contributed by atoms with Crippen molar-refractivity contribution in [3.8, 4) is 0 Å². The van der Waals surface area contributed by atoms with Crippen LogP contribution in [-0.4, -0.2) is 32.8 Å². The Balaban J connectivity index is 1.92. The van der Waals surface area contributed by atoms with Gasteiger partial charge in [0.2, 0.25) is 0 Å². The predicted molar refractivity (Wildman–Crippen MR) is 85.6 cm³/mol. The molecule has 1 atom stereocenters. The van der Waals surface area contributed by atoms with Gasteiger partial charge in [0, 0.05) is 37.0 Å². The van der Waals surface area contributed by atoms with E-state index in [9.17, 15) is 0 Å². The van der Waals surface area contributed by atoms with E-state index in [0.29, 0.717) is 0 Å². The number of anilines is 1. The maximum atomic E-state index is 6.32. The summed E-state index contributed by atoms with van der Waals surface area (Å²) in [5, 5.41) is 0.797. The minimum atomic E-state index is 0.105. The number of nitrogens with zero attached hydrogens (tertiary/aromatic N) is 1. The topological polar surface area (TPSA) is 38.5 Å². The minimum Gasteiger partial charge on any atom is -0.379 e. The van der Waals surface area contributed by atoms with Gasteiger partial charge in [-0.2, -0.15) is 0 Å². The molecule has 0 saturated heterocycles. The smallest absolute Gasteiger partial charge is 0.0641 e. The Hall–Kier alpha value is -0.770. The van der Waals surface area contributed by atoms with Gasteiger partial charge >= 0.3 is 0 Å². The summed E-state index contributed by atoms with van der Waals surface area (Å²) in [5.74, 6) is 0.820. The van der Waals surface area contributed by atoms with Gasteiger partial charge < -0.3 is 15.4 Å². The van der Waals surface area contributed by atoms with Gasteiger partial charge in [0.25, 0.3) is 0 Å². The lowest BCUT2D eigenvalue weighted by atomic mass is 10.0. The summed E-state index contributed by atoms with van der Waals surface area (Å²) in [6.07, 6.45) is 3.47. The van der Waals surface area contributed by atoms with Gasteiger partial charge in [-0.05, 0) is 49.8 Å². The number of hydrogen-bond donors (Lipinski definition) is 1. The summed E-state index contributed by atoms with van der Waals surface area (Å²) in [7, 11) is 2.08. The van der Waals surface area contributed by atoms with Crippen LogP contribution in [0.25, 0.3) is 0 Å². The van der Waals surface area contributed by atoms with Crippen LogP contribution in [0.1, 0.15) is 25.3 Å². The number of likely N-dealkylation sites (N-methyl/N-ethyl adjacent to an activating group) is 1. The summed E-state index contributed by atoms with van der Waals surface area (Å²) in [6, 6.07) is 6.13. The zero-order chi connectivity index (χ0) is 14.5. The molecule has 112 valence electrons. The SMILES string of the molecule is CC(N)Cc1c(Cl)cccc1N(C)CCOCC1CC1. The normalized spacial score (nSPS) is 16.2. The molecule has 0 spiro atoms. The first-order valence-electron chi connectivity index (χ1n) is 7.39. The molecule has 1 aliphatic carbocycles. The second-order valence-electron chi connectivity index (χ2n) is 5.86. The van der Waals surface area contributed by atoms with E-state index in [4.69, 9.17) is 22.1 Å². The molecule has 1 unspecified atom stereocenters. The molecular weight excluding hydrogens is 272 g/mol. The molecule has 1 fully saturated rings. The molecule has 1 aromatic rings. The fraction of sp³-hybridized carbons (Fsp3) is 0.625. The highest BCUT2D eigenvalue weighted by Gasteiger charge is 2.21. The molecule has 0 bridgehead atoms. The van der Waals surface area contributed by atoms with E-state index in [1.165, 1.54) is 12.8 Å². The first-order chi connectivity index (χ1) is 9.58. The van der Waals surface area contributed by atoms with E-state index >= 15 is 0 Å². The summed E-state index contributed by atoms with van der Waals surface area (Å²) in [6.45, 7) is 4.55. The highest BCUT2D eigenvalue weighted by atomic mass is 35.5. The van der Waals surface area contributed by atoms with E-state index in [2.05, 4.69) is 18.0 Å². The van der Waals surface area contributed by atoms with E-state index < -0.39 is 0 Å². The van der Waals surface area contributed by atoms with Crippen molar-refractivity contribution < 1.29 is 4.74 Å². The Morgan fingerprint density at radius 1 is 1.45 bits per heavy atom. The van der Waals surface area contributed by atoms with E-state index in [-0.39, 0.29) is 6.04 Å². The molecule has 1 aliphatic rings. The van der Waals surface area contributed by atoms with Gasteiger partial charge in [-0.1, -0.05) is 17.7 Å². The quantitative estimate of drug-likeness (QED) is 0.749. The van der Waals surface area contributed by atoms with Crippen molar-refractivity contribution in [3.05, 3.63) is 28.8 Å². The van der Waals surface area contributed by atoms with Crippen LogP contribution in [-0.2, 0) is 11.2 Å². The van der Waals surface area contributed by atoms with E-state index in [0.717, 1.165) is 48.4 Å². The van der Waals surface area contributed by atoms with Crippen LogP contribution in [0, 0.1) is 5.92 Å². The molecular formula is C16H25ClN2O. The molecule has 0 aliphatic heterocycles. The number of hydrogen-bond acceptors (Lipinski definition) is 3. The van der Waals surface area contributed by atoms with Gasteiger partial charge in [-0.25, -0.2) is 0 Å². The van der Waals surface area contributed by atoms with Crippen LogP contribution in [0.3, 0.4) is 0 Å². The minimum absolute atomic E-state index is 0.105. The molecule has 3 nitrogen and oxygen atoms in total. The van der Waals surface area contributed by atoms with Gasteiger partial charge in [-0.15, -0.1) is 0 Å². The first kappa shape index (κ1) is 15.6. The van der Waals surface area contributed by atoms with Crippen molar-refractivity contribution >= 4 is 17.3 Å². The standard InChI is InChI=1S/C16H25ClN2O/c1-12(18)10-14-15(17)4-3-5-16(14)19(2)8-9-20-11-13-6-7-13/h3-5,12-13H,6-11,18H2,1-2H3. The highest BCUT2D eigenvalue weighted by Crippen LogP contribution is 2.29. The molecule has 0 amide bonds. The lowest BCUT2D eigenvalue weighted by molar-refractivity contribution is 0.131. The molecule has 0 heterocycles. The fourth-order valence-corrected chi connectivity index (χ4v) is 2.53. The first-order valence-corrected chi connectivity index (χ1v) is 7.77. The second kappa shape index (κ2) is 7.30. The lowest BCUT2D eigenvalue weighted by Gasteiger charge is -2.24. The Bertz CT molecular complexity index is 432. The lowest BCUT2D eigenvalue weighted by Crippen LogP contribution is -2.26. The average Bonchev–Trinajstić information content (AvgIpc) is 3.20. The monoisotopic (exact) mass is 296 g/mol. The fourth-order valence-electron chi connectivity index (χ4n) is 2.29. The number of ether oxygens (including phenoxy) is 1. The zero-order valence-electron chi connectivity index (χ0n) is 12.4. The number of rotatable bonds is 8. The Kier molecular flexibility index (Phi) is 5.70. The maximum absolute atomic E-state index is 6.32. The van der Waals surface area contributed by atoms with E-state index in [1.54, 1.807) is 0 Å². The van der Waals surface area contributed by atoms with Crippen LogP contribution >= 0.6 is 11.6 Å². The highest BCUT2D eigenvalue weighted by molar-refractivity contribution is 6.31. The van der Waals surface area contributed by atoms with Crippen LogP contribution in [0.5, 0.6) is 0 Å². The van der Waals surface area contributed by atoms with Crippen molar-refractivity contribution in [2.24, 2.45) is 11.7 Å². The van der Waals surface area contributed by atoms with Crippen molar-refractivity contribution in [3.63, 3.8) is 0 Å². The molecule has 4 heteroatoms. The molecule has 0 radical (unpaired) electrons. The van der Waals surface area contributed by atoms with Crippen molar-refractivity contribution in [1.29, 1.82) is 0 Å². The van der Waals surface area contributed by atoms with Crippen molar-refractivity contribution in [2.75, 3.05) is 31.7 Å². The molecule has 1 aromatic carbocycles. The third-order valence-electron chi connectivity index (χ3n) is 3.65. The number of benzene rings is 1. The number of halogens is 1. The number of nitrogens with two attached hydrogens (primary N) is 1. The van der Waals surface area contributed by atoms with Gasteiger partial charge in [0.05, 0.1) is 6.61 Å². The van der Waals surface area contributed by atoms with Gasteiger partial charge in [-0.3, -0.25) is 0 Å². The van der Waals surface area contributed by atoms with Gasteiger partial charge in [0.15, 0.2) is 0 Å². The zero-order valence-corrected chi connectivity index (χ0v) is 13.2. The summed E-state index contributed by atoms with van der Waals surface area (Å²) in [5.41, 5.74) is 8.21. The predicted octanol–water partition coefficient (Wildman–Crippen LogP) is 3.09. The molecule has 1 saturated carbocycles. The largest absolute Gasteiger partial charge is 0.379 e. The maximum Gasteiger partial charge on any atom is 0.0641 e. The molecule has 0 aromatic heterocycles. The Morgan fingerprint density at radius 3 is 2.85 bits per heavy atom. The van der Waals surface area contributed by atoms with Gasteiger partial charge in [0.1, 0.15) is 0 Å². The average molecular weight is 297 g/mol. The Morgan fingerprint density at radius 2 is 2.20 bits per heavy atom.